The third-order valence-electron chi connectivity index (χ3n) is 3.53. The molecule has 0 radical (unpaired) electrons. The molecule has 122 valence electrons. The van der Waals surface area contributed by atoms with Crippen LogP contribution < -0.4 is 5.32 Å². The summed E-state index contributed by atoms with van der Waals surface area (Å²) in [6, 6.07) is 17.7. The number of benzene rings is 2. The van der Waals surface area contributed by atoms with E-state index in [1.54, 1.807) is 23.9 Å². The second-order valence-corrected chi connectivity index (χ2v) is 6.48. The number of aryl methyl sites for hydroxylation is 1. The van der Waals surface area contributed by atoms with E-state index in [0.717, 1.165) is 43.0 Å². The summed E-state index contributed by atoms with van der Waals surface area (Å²) >= 11 is 1.62. The van der Waals surface area contributed by atoms with E-state index in [1.165, 1.54) is 5.56 Å². The van der Waals surface area contributed by atoms with Crippen LogP contribution in [0.4, 0.5) is 0 Å². The molecule has 0 aliphatic heterocycles. The Hall–Kier alpha value is -1.78. The Morgan fingerprint density at radius 1 is 0.957 bits per heavy atom. The Morgan fingerprint density at radius 3 is 2.43 bits per heavy atom. The number of carboxylic acid groups (broad SMARTS) is 1. The van der Waals surface area contributed by atoms with E-state index in [1.807, 2.05) is 18.2 Å². The van der Waals surface area contributed by atoms with Crippen molar-refractivity contribution in [2.24, 2.45) is 0 Å². The van der Waals surface area contributed by atoms with E-state index in [9.17, 15) is 4.79 Å². The van der Waals surface area contributed by atoms with E-state index >= 15 is 0 Å². The van der Waals surface area contributed by atoms with Crippen molar-refractivity contribution < 1.29 is 9.90 Å². The number of hydrogen-bond donors (Lipinski definition) is 2. The average Bonchev–Trinajstić information content (AvgIpc) is 2.58. The van der Waals surface area contributed by atoms with Crippen LogP contribution >= 0.6 is 11.8 Å². The molecular weight excluding hydrogens is 306 g/mol. The van der Waals surface area contributed by atoms with Gasteiger partial charge in [-0.05, 0) is 55.8 Å². The van der Waals surface area contributed by atoms with Crippen molar-refractivity contribution in [1.82, 2.24) is 5.32 Å². The molecule has 2 aromatic carbocycles. The lowest BCUT2D eigenvalue weighted by Crippen LogP contribution is -2.17. The molecule has 0 saturated heterocycles. The minimum Gasteiger partial charge on any atom is -0.478 e. The van der Waals surface area contributed by atoms with Crippen molar-refractivity contribution in [3.63, 3.8) is 0 Å². The highest BCUT2D eigenvalue weighted by molar-refractivity contribution is 7.99. The van der Waals surface area contributed by atoms with Crippen molar-refractivity contribution in [3.05, 3.63) is 65.7 Å². The Balaban J connectivity index is 1.55. The Morgan fingerprint density at radius 2 is 1.65 bits per heavy atom. The molecule has 0 aliphatic rings. The van der Waals surface area contributed by atoms with Crippen LogP contribution in [-0.2, 0) is 6.42 Å². The average molecular weight is 329 g/mol. The highest BCUT2D eigenvalue weighted by atomic mass is 32.2. The molecule has 0 atom stereocenters. The van der Waals surface area contributed by atoms with Crippen LogP contribution in [0.25, 0.3) is 0 Å². The fraction of sp³-hybridized carbons (Fsp3) is 0.316. The smallest absolute Gasteiger partial charge is 0.336 e. The lowest BCUT2D eigenvalue weighted by molar-refractivity contribution is 0.0693. The van der Waals surface area contributed by atoms with Crippen molar-refractivity contribution in [2.75, 3.05) is 18.8 Å². The van der Waals surface area contributed by atoms with Gasteiger partial charge in [0, 0.05) is 4.90 Å². The van der Waals surface area contributed by atoms with E-state index < -0.39 is 5.97 Å². The van der Waals surface area contributed by atoms with Gasteiger partial charge in [0.25, 0.3) is 0 Å². The number of nitrogens with one attached hydrogen (secondary N) is 1. The number of carboxylic acids is 1. The molecule has 0 spiro atoms. The summed E-state index contributed by atoms with van der Waals surface area (Å²) in [6.45, 7) is 1.99. The van der Waals surface area contributed by atoms with Crippen LogP contribution in [0.3, 0.4) is 0 Å². The molecule has 23 heavy (non-hydrogen) atoms. The second-order valence-electron chi connectivity index (χ2n) is 5.34. The molecule has 0 unspecified atom stereocenters. The van der Waals surface area contributed by atoms with Gasteiger partial charge in [0.2, 0.25) is 0 Å². The first kappa shape index (κ1) is 17.6. The number of aromatic carboxylic acids is 1. The zero-order chi connectivity index (χ0) is 16.3. The number of thioether (sulfide) groups is 1. The summed E-state index contributed by atoms with van der Waals surface area (Å²) in [5.41, 5.74) is 1.78. The van der Waals surface area contributed by atoms with Gasteiger partial charge in [-0.2, -0.15) is 0 Å². The van der Waals surface area contributed by atoms with Gasteiger partial charge in [-0.3, -0.25) is 0 Å². The molecule has 0 aliphatic carbocycles. The van der Waals surface area contributed by atoms with Crippen molar-refractivity contribution in [2.45, 2.75) is 24.2 Å². The normalized spacial score (nSPS) is 10.6. The Bertz CT molecular complexity index is 601. The van der Waals surface area contributed by atoms with Gasteiger partial charge in [0.05, 0.1) is 5.56 Å². The van der Waals surface area contributed by atoms with Gasteiger partial charge in [-0.15, -0.1) is 11.8 Å². The molecule has 0 fully saturated rings. The quantitative estimate of drug-likeness (QED) is 0.509. The summed E-state index contributed by atoms with van der Waals surface area (Å²) in [4.78, 5) is 12.0. The third kappa shape index (κ3) is 6.47. The largest absolute Gasteiger partial charge is 0.478 e. The van der Waals surface area contributed by atoms with Gasteiger partial charge in [0.15, 0.2) is 0 Å². The summed E-state index contributed by atoms with van der Waals surface area (Å²) in [7, 11) is 0. The van der Waals surface area contributed by atoms with Gasteiger partial charge < -0.3 is 10.4 Å². The summed E-state index contributed by atoms with van der Waals surface area (Å²) in [5, 5.41) is 12.6. The maximum absolute atomic E-state index is 11.1. The summed E-state index contributed by atoms with van der Waals surface area (Å²) in [5.74, 6) is 0.0721. The maximum Gasteiger partial charge on any atom is 0.336 e. The molecule has 3 nitrogen and oxygen atoms in total. The third-order valence-corrected chi connectivity index (χ3v) is 4.69. The first-order valence-electron chi connectivity index (χ1n) is 7.97. The van der Waals surface area contributed by atoms with Crippen molar-refractivity contribution in [3.8, 4) is 0 Å². The molecule has 0 bridgehead atoms. The number of hydrogen-bond acceptors (Lipinski definition) is 3. The highest BCUT2D eigenvalue weighted by Gasteiger charge is 2.08. The van der Waals surface area contributed by atoms with Crippen molar-refractivity contribution >= 4 is 17.7 Å². The predicted molar refractivity (Wildman–Crippen MR) is 96.4 cm³/mol. The molecule has 0 aromatic heterocycles. The van der Waals surface area contributed by atoms with E-state index in [2.05, 4.69) is 29.6 Å². The van der Waals surface area contributed by atoms with Gasteiger partial charge in [-0.25, -0.2) is 4.79 Å². The van der Waals surface area contributed by atoms with Crippen LogP contribution in [0, 0.1) is 0 Å². The summed E-state index contributed by atoms with van der Waals surface area (Å²) < 4.78 is 0. The molecule has 2 N–H and O–H groups in total. The van der Waals surface area contributed by atoms with Crippen LogP contribution in [0.1, 0.15) is 28.8 Å². The molecule has 0 heterocycles. The molecule has 2 aromatic rings. The Labute approximate surface area is 142 Å². The van der Waals surface area contributed by atoms with Gasteiger partial charge in [0.1, 0.15) is 0 Å². The summed E-state index contributed by atoms with van der Waals surface area (Å²) in [6.07, 6.45) is 3.28. The van der Waals surface area contributed by atoms with E-state index in [-0.39, 0.29) is 0 Å². The first-order chi connectivity index (χ1) is 11.3. The minimum absolute atomic E-state index is 0.397. The molecular formula is C19H23NO2S. The number of rotatable bonds is 10. The van der Waals surface area contributed by atoms with E-state index in [4.69, 9.17) is 5.11 Å². The zero-order valence-electron chi connectivity index (χ0n) is 13.2. The monoisotopic (exact) mass is 329 g/mol. The molecule has 0 amide bonds. The molecule has 0 saturated carbocycles. The van der Waals surface area contributed by atoms with Crippen molar-refractivity contribution in [1.29, 1.82) is 0 Å². The van der Waals surface area contributed by atoms with Gasteiger partial charge in [-0.1, -0.05) is 42.5 Å². The Kier molecular flexibility index (Phi) is 7.70. The molecule has 4 heteroatoms. The lowest BCUT2D eigenvalue weighted by Gasteiger charge is -2.07. The number of carbonyl (C=O) groups is 1. The van der Waals surface area contributed by atoms with Crippen LogP contribution in [-0.4, -0.2) is 29.9 Å². The zero-order valence-corrected chi connectivity index (χ0v) is 14.0. The fourth-order valence-electron chi connectivity index (χ4n) is 2.34. The predicted octanol–water partition coefficient (Wildman–Crippen LogP) is 4.09. The molecule has 2 rings (SSSR count). The highest BCUT2D eigenvalue weighted by Crippen LogP contribution is 2.23. The van der Waals surface area contributed by atoms with Crippen LogP contribution in [0.5, 0.6) is 0 Å². The SMILES string of the molecule is O=C(O)c1ccccc1SCCCNCCCc1ccccc1. The van der Waals surface area contributed by atoms with Crippen LogP contribution in [0.2, 0.25) is 0 Å². The minimum atomic E-state index is -0.855. The lowest BCUT2D eigenvalue weighted by atomic mass is 10.1. The van der Waals surface area contributed by atoms with Gasteiger partial charge >= 0.3 is 5.97 Å². The maximum atomic E-state index is 11.1. The standard InChI is InChI=1S/C19H23NO2S/c21-19(22)17-11-4-5-12-18(17)23-15-7-14-20-13-6-10-16-8-2-1-3-9-16/h1-5,8-9,11-12,20H,6-7,10,13-15H2,(H,21,22). The van der Waals surface area contributed by atoms with E-state index in [0.29, 0.717) is 5.56 Å². The first-order valence-corrected chi connectivity index (χ1v) is 8.95. The topological polar surface area (TPSA) is 49.3 Å². The van der Waals surface area contributed by atoms with Crippen LogP contribution in [0.15, 0.2) is 59.5 Å². The fourth-order valence-corrected chi connectivity index (χ4v) is 3.33. The second kappa shape index (κ2) is 10.1.